The third kappa shape index (κ3) is 858. The molecule has 0 spiro atoms. The summed E-state index contributed by atoms with van der Waals surface area (Å²) in [6, 6.07) is 0. The second-order valence-electron chi connectivity index (χ2n) is 1.73. The van der Waals surface area contributed by atoms with E-state index >= 15 is 0 Å². The van der Waals surface area contributed by atoms with Gasteiger partial charge in [0, 0.05) is 0 Å². The van der Waals surface area contributed by atoms with Crippen LogP contribution in [0.4, 0.5) is 0 Å². The van der Waals surface area contributed by atoms with Gasteiger partial charge in [0.05, 0.1) is 0 Å². The van der Waals surface area contributed by atoms with E-state index in [-0.39, 0.29) is 31.0 Å². The van der Waals surface area contributed by atoms with E-state index in [1.165, 1.54) is 6.42 Å². The van der Waals surface area contributed by atoms with Crippen LogP contribution in [0, 0.1) is 0 Å². The Kier molecular flexibility index (Phi) is 37.4. The molecular weight excluding hydrogens is 305 g/mol. The molecule has 11 heteroatoms. The first kappa shape index (κ1) is 30.8. The summed E-state index contributed by atoms with van der Waals surface area (Å²) in [6.07, 6.45) is 1.25. The zero-order chi connectivity index (χ0) is 13.7. The summed E-state index contributed by atoms with van der Waals surface area (Å²) in [7, 11) is 0. The zero-order valence-corrected chi connectivity index (χ0v) is 15.5. The van der Waals surface area contributed by atoms with E-state index < -0.39 is 13.4 Å². The van der Waals surface area contributed by atoms with E-state index in [0.29, 0.717) is 0 Å². The van der Waals surface area contributed by atoms with E-state index in [1.54, 1.807) is 0 Å². The molecule has 6 N–H and O–H groups in total. The van der Waals surface area contributed by atoms with E-state index in [9.17, 15) is 0 Å². The Balaban J connectivity index is -0.0000000241. The molecule has 0 rings (SSSR count). The molecule has 0 heterocycles. The largest absolute Gasteiger partial charge is 1.00 e. The van der Waals surface area contributed by atoms with Gasteiger partial charge in [0.25, 0.3) is 0 Å². The Morgan fingerprint density at radius 3 is 0.812 bits per heavy atom. The van der Waals surface area contributed by atoms with Crippen LogP contribution in [0.2, 0.25) is 0 Å². The van der Waals surface area contributed by atoms with Crippen molar-refractivity contribution in [3.8, 4) is 0 Å². The zero-order valence-electron chi connectivity index (χ0n) is 11.1. The fraction of sp³-hybridized carbons (Fsp3) is 1.00. The number of rotatable bonds is 0. The molecule has 0 atom stereocenters. The van der Waals surface area contributed by atoms with Crippen molar-refractivity contribution in [1.82, 2.24) is 0 Å². The summed E-state index contributed by atoms with van der Waals surface area (Å²) in [5.41, 5.74) is 0. The van der Waals surface area contributed by atoms with Crippen molar-refractivity contribution in [3.05, 3.63) is 0 Å². The van der Waals surface area contributed by atoms with Crippen molar-refractivity contribution in [3.63, 3.8) is 0 Å². The quantitative estimate of drug-likeness (QED) is 0.222. The summed E-state index contributed by atoms with van der Waals surface area (Å²) in [5, 5.41) is 0. The molecule has 0 saturated carbocycles. The van der Waals surface area contributed by atoms with Crippen molar-refractivity contribution in [1.29, 1.82) is 0 Å². The first-order chi connectivity index (χ1) is 6.41. The van der Waals surface area contributed by atoms with Crippen LogP contribution < -0.4 is 29.6 Å². The van der Waals surface area contributed by atoms with Gasteiger partial charge in [-0.05, 0) is 23.6 Å². The van der Waals surface area contributed by atoms with Crippen LogP contribution in [0.3, 0.4) is 0 Å². The molecule has 0 aromatic rings. The Morgan fingerprint density at radius 2 is 0.812 bits per heavy atom. The summed E-state index contributed by atoms with van der Waals surface area (Å²) in [4.78, 5) is 45.3. The summed E-state index contributed by atoms with van der Waals surface area (Å²) in [6.45, 7) is 0.639. The molecule has 0 aliphatic rings. The van der Waals surface area contributed by atoms with Crippen molar-refractivity contribution in [2.45, 2.75) is 34.1 Å². The van der Waals surface area contributed by atoms with Crippen LogP contribution in [-0.2, 0) is 23.6 Å². The van der Waals surface area contributed by atoms with Gasteiger partial charge in [0.2, 0.25) is 0 Å². The normalized spacial score (nSPS) is 8.88. The second-order valence-corrected chi connectivity index (χ2v) is 6.73. The molecule has 0 unspecified atom stereocenters. The summed E-state index contributed by atoms with van der Waals surface area (Å²) < 4.78 is 0. The molecule has 16 heavy (non-hydrogen) atoms. The number of hydrogen-bond donors (Lipinski definition) is 6. The van der Waals surface area contributed by atoms with Crippen LogP contribution in [-0.4, -0.2) is 29.4 Å². The van der Waals surface area contributed by atoms with Gasteiger partial charge in [-0.15, -0.1) is 0 Å². The van der Waals surface area contributed by atoms with Gasteiger partial charge in [-0.3, -0.25) is 0 Å². The Labute approximate surface area is 131 Å². The van der Waals surface area contributed by atoms with Crippen molar-refractivity contribution in [2.75, 3.05) is 0 Å². The molecule has 0 aromatic carbocycles. The van der Waals surface area contributed by atoms with Gasteiger partial charge in [-0.2, -0.15) is 0 Å². The first-order valence-corrected chi connectivity index (χ1v) is 9.30. The van der Waals surface area contributed by atoms with Gasteiger partial charge in [0.1, 0.15) is 0 Å². The molecule has 0 amide bonds. The standard InChI is InChI=1S/C3H8.C2H6.Na.2H3O3PS.H/c1-3-2;1-2;;2*1-4(2,3)5;/h3H2,1-2H3;1-2H3;;2*(H3,1,2,3,5);/q;;+1;;;-1. The molecule has 0 saturated heterocycles. The van der Waals surface area contributed by atoms with Gasteiger partial charge in [-0.25, -0.2) is 0 Å². The predicted molar refractivity (Wildman–Crippen MR) is 70.3 cm³/mol. The Hall–Kier alpha value is 2.06. The van der Waals surface area contributed by atoms with Crippen molar-refractivity contribution >= 4 is 37.1 Å². The molecule has 100 valence electrons. The van der Waals surface area contributed by atoms with Crippen LogP contribution in [0.5, 0.6) is 0 Å². The maximum absolute atomic E-state index is 7.56. The Bertz CT molecular complexity index is 162. The van der Waals surface area contributed by atoms with Gasteiger partial charge >= 0.3 is 43.0 Å². The second kappa shape index (κ2) is 19.4. The predicted octanol–water partition coefficient (Wildman–Crippen LogP) is -2.07. The maximum atomic E-state index is 7.56. The minimum atomic E-state index is -3.81. The maximum Gasteiger partial charge on any atom is 1.00 e. The van der Waals surface area contributed by atoms with Crippen LogP contribution in [0.1, 0.15) is 35.5 Å². The van der Waals surface area contributed by atoms with Gasteiger partial charge < -0.3 is 30.8 Å². The minimum Gasteiger partial charge on any atom is -1.00 e. The van der Waals surface area contributed by atoms with E-state index in [2.05, 4.69) is 37.5 Å². The minimum absolute atomic E-state index is 0. The third-order valence-corrected chi connectivity index (χ3v) is 0. The first-order valence-electron chi connectivity index (χ1n) is 3.98. The molecule has 0 fully saturated rings. The number of hydrogen-bond acceptors (Lipinski definition) is 2. The van der Waals surface area contributed by atoms with Crippen molar-refractivity contribution in [2.24, 2.45) is 0 Å². The SMILES string of the molecule is CC.CCC.OP(O)(O)=S.OP(O)(O)=S.[H-].[Na+]. The Morgan fingerprint density at radius 1 is 0.812 bits per heavy atom. The summed E-state index contributed by atoms with van der Waals surface area (Å²) >= 11 is 7.21. The van der Waals surface area contributed by atoms with E-state index in [4.69, 9.17) is 29.4 Å². The average molecular weight is 326 g/mol. The van der Waals surface area contributed by atoms with Gasteiger partial charge in [-0.1, -0.05) is 34.1 Å². The molecule has 0 aromatic heterocycles. The fourth-order valence-corrected chi connectivity index (χ4v) is 0. The molecule has 0 bridgehead atoms. The fourth-order valence-electron chi connectivity index (χ4n) is 0. The van der Waals surface area contributed by atoms with Crippen LogP contribution >= 0.6 is 13.4 Å². The molecule has 0 radical (unpaired) electrons. The van der Waals surface area contributed by atoms with Crippen molar-refractivity contribution < 1.29 is 60.3 Å². The van der Waals surface area contributed by atoms with E-state index in [0.717, 1.165) is 0 Å². The topological polar surface area (TPSA) is 121 Å². The summed E-state index contributed by atoms with van der Waals surface area (Å²) in [5.74, 6) is 0. The smallest absolute Gasteiger partial charge is 1.00 e. The molecule has 6 nitrogen and oxygen atoms in total. The average Bonchev–Trinajstić information content (AvgIpc) is 1.84. The van der Waals surface area contributed by atoms with Crippen LogP contribution in [0.15, 0.2) is 0 Å². The van der Waals surface area contributed by atoms with Crippen LogP contribution in [0.25, 0.3) is 0 Å². The molecule has 0 aliphatic carbocycles. The third-order valence-electron chi connectivity index (χ3n) is 0. The monoisotopic (exact) mass is 326 g/mol. The molecule has 0 aliphatic heterocycles. The van der Waals surface area contributed by atoms with E-state index in [1.807, 2.05) is 13.8 Å². The molecular formula is C5H21NaO6P2S2. The van der Waals surface area contributed by atoms with Gasteiger partial charge in [0.15, 0.2) is 0 Å².